The van der Waals surface area contributed by atoms with Crippen molar-refractivity contribution >= 4 is 5.91 Å². The van der Waals surface area contributed by atoms with Crippen molar-refractivity contribution in [1.29, 1.82) is 0 Å². The van der Waals surface area contributed by atoms with Crippen LogP contribution in [0.2, 0.25) is 0 Å². The standard InChI is InChI=1S/C9H16N2O2.C4H10/c10-9(12)7-8-6(5-11-7)3-1-2-4-13-8;1-4(2)3/h6-8,11H,1-5H2,(H2,10,12);4H,1-3H3/t6-,7?,8?;/m0./s1. The van der Waals surface area contributed by atoms with Crippen LogP contribution in [0.5, 0.6) is 0 Å². The number of primary amides is 1. The molecule has 0 saturated carbocycles. The van der Waals surface area contributed by atoms with Gasteiger partial charge in [-0.15, -0.1) is 0 Å². The Bertz CT molecular complexity index is 241. The molecule has 2 aliphatic heterocycles. The maximum Gasteiger partial charge on any atom is 0.237 e. The zero-order valence-corrected chi connectivity index (χ0v) is 11.2. The van der Waals surface area contributed by atoms with E-state index in [-0.39, 0.29) is 18.1 Å². The SMILES string of the molecule is CC(C)C.NC(=O)C1NC[C@@H]2CCCCOC12. The summed E-state index contributed by atoms with van der Waals surface area (Å²) >= 11 is 0. The molecule has 0 aliphatic carbocycles. The third-order valence-corrected chi connectivity index (χ3v) is 2.98. The van der Waals surface area contributed by atoms with E-state index in [1.54, 1.807) is 0 Å². The Labute approximate surface area is 104 Å². The molecule has 0 aromatic rings. The predicted molar refractivity (Wildman–Crippen MR) is 68.6 cm³/mol. The van der Waals surface area contributed by atoms with Crippen LogP contribution < -0.4 is 11.1 Å². The summed E-state index contributed by atoms with van der Waals surface area (Å²) in [6, 6.07) is -0.261. The van der Waals surface area contributed by atoms with Crippen LogP contribution in [0.25, 0.3) is 0 Å². The van der Waals surface area contributed by atoms with Crippen molar-refractivity contribution in [2.75, 3.05) is 13.2 Å². The van der Waals surface area contributed by atoms with E-state index in [4.69, 9.17) is 10.5 Å². The van der Waals surface area contributed by atoms with Crippen LogP contribution >= 0.6 is 0 Å². The van der Waals surface area contributed by atoms with Crippen LogP contribution in [0.3, 0.4) is 0 Å². The minimum Gasteiger partial charge on any atom is -0.376 e. The Hall–Kier alpha value is -0.610. The lowest BCUT2D eigenvalue weighted by molar-refractivity contribution is -0.123. The molecule has 4 nitrogen and oxygen atoms in total. The van der Waals surface area contributed by atoms with E-state index >= 15 is 0 Å². The molecule has 4 heteroatoms. The van der Waals surface area contributed by atoms with Crippen molar-refractivity contribution in [3.05, 3.63) is 0 Å². The van der Waals surface area contributed by atoms with Gasteiger partial charge in [-0.1, -0.05) is 27.2 Å². The number of nitrogens with one attached hydrogen (secondary N) is 1. The molecule has 100 valence electrons. The summed E-state index contributed by atoms with van der Waals surface area (Å²) < 4.78 is 5.64. The summed E-state index contributed by atoms with van der Waals surface area (Å²) in [7, 11) is 0. The Morgan fingerprint density at radius 1 is 1.35 bits per heavy atom. The molecule has 2 aliphatic rings. The zero-order valence-electron chi connectivity index (χ0n) is 11.2. The second-order valence-electron chi connectivity index (χ2n) is 5.61. The Balaban J connectivity index is 0.000000317. The van der Waals surface area contributed by atoms with Gasteiger partial charge in [0.1, 0.15) is 6.04 Å². The Morgan fingerprint density at radius 2 is 2.00 bits per heavy atom. The molecular formula is C13H26N2O2. The van der Waals surface area contributed by atoms with Crippen LogP contribution in [-0.2, 0) is 9.53 Å². The highest BCUT2D eigenvalue weighted by atomic mass is 16.5. The van der Waals surface area contributed by atoms with Crippen LogP contribution in [0.1, 0.15) is 40.0 Å². The van der Waals surface area contributed by atoms with Gasteiger partial charge in [-0.25, -0.2) is 0 Å². The van der Waals surface area contributed by atoms with Gasteiger partial charge in [-0.3, -0.25) is 4.79 Å². The van der Waals surface area contributed by atoms with Gasteiger partial charge in [0.05, 0.1) is 6.10 Å². The molecule has 0 radical (unpaired) electrons. The van der Waals surface area contributed by atoms with Gasteiger partial charge < -0.3 is 15.8 Å². The number of fused-ring (bicyclic) bond motifs is 1. The Morgan fingerprint density at radius 3 is 2.59 bits per heavy atom. The molecule has 0 aromatic heterocycles. The third kappa shape index (κ3) is 4.64. The number of amides is 1. The molecule has 2 rings (SSSR count). The second kappa shape index (κ2) is 6.97. The number of carbonyl (C=O) groups excluding carboxylic acids is 1. The number of nitrogens with two attached hydrogens (primary N) is 1. The largest absolute Gasteiger partial charge is 0.376 e. The van der Waals surface area contributed by atoms with Crippen LogP contribution in [0.15, 0.2) is 0 Å². The molecule has 2 saturated heterocycles. The highest BCUT2D eigenvalue weighted by Gasteiger charge is 2.40. The molecule has 0 bridgehead atoms. The summed E-state index contributed by atoms with van der Waals surface area (Å²) in [5.74, 6) is 1.04. The van der Waals surface area contributed by atoms with Gasteiger partial charge in [0, 0.05) is 13.2 Å². The number of rotatable bonds is 1. The average Bonchev–Trinajstić information content (AvgIpc) is 2.48. The molecule has 2 unspecified atom stereocenters. The molecule has 1 amide bonds. The van der Waals surface area contributed by atoms with Gasteiger partial charge in [0.15, 0.2) is 0 Å². The van der Waals surface area contributed by atoms with E-state index < -0.39 is 0 Å². The van der Waals surface area contributed by atoms with Crippen molar-refractivity contribution in [3.63, 3.8) is 0 Å². The third-order valence-electron chi connectivity index (χ3n) is 2.98. The maximum absolute atomic E-state index is 11.0. The smallest absolute Gasteiger partial charge is 0.237 e. The number of hydrogen-bond acceptors (Lipinski definition) is 3. The molecule has 0 spiro atoms. The molecule has 3 N–H and O–H groups in total. The van der Waals surface area contributed by atoms with Crippen molar-refractivity contribution in [2.24, 2.45) is 17.6 Å². The van der Waals surface area contributed by atoms with E-state index in [0.29, 0.717) is 5.92 Å². The summed E-state index contributed by atoms with van der Waals surface area (Å²) in [4.78, 5) is 11.0. The number of carbonyl (C=O) groups is 1. The fraction of sp³-hybridized carbons (Fsp3) is 0.923. The maximum atomic E-state index is 11.0. The molecule has 2 heterocycles. The summed E-state index contributed by atoms with van der Waals surface area (Å²) in [5, 5.41) is 3.13. The normalized spacial score (nSPS) is 32.4. The van der Waals surface area contributed by atoms with Gasteiger partial charge in [0.25, 0.3) is 0 Å². The van der Waals surface area contributed by atoms with E-state index in [1.807, 2.05) is 0 Å². The molecule has 3 atom stereocenters. The highest BCUT2D eigenvalue weighted by molar-refractivity contribution is 5.81. The predicted octanol–water partition coefficient (Wildman–Crippen LogP) is 1.29. The van der Waals surface area contributed by atoms with Crippen LogP contribution in [0.4, 0.5) is 0 Å². The number of hydrogen-bond donors (Lipinski definition) is 2. The van der Waals surface area contributed by atoms with Crippen molar-refractivity contribution < 1.29 is 9.53 Å². The first-order chi connectivity index (χ1) is 8.02. The quantitative estimate of drug-likeness (QED) is 0.728. The zero-order chi connectivity index (χ0) is 12.8. The lowest BCUT2D eigenvalue weighted by Gasteiger charge is -2.19. The average molecular weight is 242 g/mol. The monoisotopic (exact) mass is 242 g/mol. The van der Waals surface area contributed by atoms with Crippen molar-refractivity contribution in [3.8, 4) is 0 Å². The molecular weight excluding hydrogens is 216 g/mol. The van der Waals surface area contributed by atoms with Crippen molar-refractivity contribution in [1.82, 2.24) is 5.32 Å². The fourth-order valence-electron chi connectivity index (χ4n) is 2.27. The highest BCUT2D eigenvalue weighted by Crippen LogP contribution is 2.26. The van der Waals surface area contributed by atoms with Crippen LogP contribution in [-0.4, -0.2) is 31.2 Å². The molecule has 17 heavy (non-hydrogen) atoms. The van der Waals surface area contributed by atoms with Gasteiger partial charge in [-0.05, 0) is 24.7 Å². The topological polar surface area (TPSA) is 64.4 Å². The summed E-state index contributed by atoms with van der Waals surface area (Å²) in [6.07, 6.45) is 3.49. The first-order valence-corrected chi connectivity index (χ1v) is 6.66. The van der Waals surface area contributed by atoms with Gasteiger partial charge in [0.2, 0.25) is 5.91 Å². The second-order valence-corrected chi connectivity index (χ2v) is 5.61. The van der Waals surface area contributed by atoms with Crippen molar-refractivity contribution in [2.45, 2.75) is 52.2 Å². The lowest BCUT2D eigenvalue weighted by atomic mass is 9.97. The Kier molecular flexibility index (Phi) is 5.92. The summed E-state index contributed by atoms with van der Waals surface area (Å²) in [6.45, 7) is 8.14. The van der Waals surface area contributed by atoms with E-state index in [2.05, 4.69) is 26.1 Å². The van der Waals surface area contributed by atoms with Gasteiger partial charge in [-0.2, -0.15) is 0 Å². The van der Waals surface area contributed by atoms with E-state index in [0.717, 1.165) is 31.9 Å². The van der Waals surface area contributed by atoms with E-state index in [1.165, 1.54) is 6.42 Å². The minimum atomic E-state index is -0.283. The number of ether oxygens (including phenoxy) is 1. The first kappa shape index (κ1) is 14.5. The first-order valence-electron chi connectivity index (χ1n) is 6.66. The van der Waals surface area contributed by atoms with E-state index in [9.17, 15) is 4.79 Å². The minimum absolute atomic E-state index is 0.0278. The molecule has 2 fully saturated rings. The van der Waals surface area contributed by atoms with Crippen LogP contribution in [0, 0.1) is 11.8 Å². The molecule has 0 aromatic carbocycles. The fourth-order valence-corrected chi connectivity index (χ4v) is 2.27. The summed E-state index contributed by atoms with van der Waals surface area (Å²) in [5.41, 5.74) is 5.27. The lowest BCUT2D eigenvalue weighted by Crippen LogP contribution is -2.44. The van der Waals surface area contributed by atoms with Gasteiger partial charge >= 0.3 is 0 Å².